The standard InChI is InChI=1S/C22H22N4O6/c1-25(17(28)13-32-21(30)16-9-7-15(12-27)8-10-16)18-19(23)26(22(31)24-20(18)29)11-14-5-3-2-4-6-14/h2-10,27H,11-13,23H2,1H3,(H,24,29,31). The molecule has 10 nitrogen and oxygen atoms in total. The lowest BCUT2D eigenvalue weighted by Gasteiger charge is -2.20. The van der Waals surface area contributed by atoms with Crippen molar-refractivity contribution in [2.45, 2.75) is 13.2 Å². The Morgan fingerprint density at radius 2 is 1.72 bits per heavy atom. The van der Waals surface area contributed by atoms with Crippen LogP contribution in [-0.4, -0.2) is 40.2 Å². The number of anilines is 2. The van der Waals surface area contributed by atoms with E-state index >= 15 is 0 Å². The first-order valence-corrected chi connectivity index (χ1v) is 9.61. The van der Waals surface area contributed by atoms with E-state index in [-0.39, 0.29) is 30.2 Å². The lowest BCUT2D eigenvalue weighted by molar-refractivity contribution is -0.121. The Morgan fingerprint density at radius 3 is 2.34 bits per heavy atom. The molecule has 166 valence electrons. The number of carbonyl (C=O) groups excluding carboxylic acids is 2. The Morgan fingerprint density at radius 1 is 1.06 bits per heavy atom. The number of benzene rings is 2. The van der Waals surface area contributed by atoms with Crippen molar-refractivity contribution < 1.29 is 19.4 Å². The van der Waals surface area contributed by atoms with E-state index < -0.39 is 29.7 Å². The smallest absolute Gasteiger partial charge is 0.338 e. The van der Waals surface area contributed by atoms with Gasteiger partial charge < -0.3 is 20.5 Å². The van der Waals surface area contributed by atoms with Gasteiger partial charge in [0.15, 0.2) is 12.3 Å². The van der Waals surface area contributed by atoms with E-state index in [1.54, 1.807) is 36.4 Å². The lowest BCUT2D eigenvalue weighted by Crippen LogP contribution is -2.40. The van der Waals surface area contributed by atoms with E-state index in [0.717, 1.165) is 15.0 Å². The zero-order chi connectivity index (χ0) is 23.3. The zero-order valence-electron chi connectivity index (χ0n) is 17.3. The summed E-state index contributed by atoms with van der Waals surface area (Å²) in [5, 5.41) is 9.05. The van der Waals surface area contributed by atoms with Crippen LogP contribution in [0.15, 0.2) is 64.2 Å². The van der Waals surface area contributed by atoms with Gasteiger partial charge in [0, 0.05) is 7.05 Å². The minimum Gasteiger partial charge on any atom is -0.452 e. The van der Waals surface area contributed by atoms with Crippen molar-refractivity contribution in [3.63, 3.8) is 0 Å². The predicted octanol–water partition coefficient (Wildman–Crippen LogP) is 0.479. The summed E-state index contributed by atoms with van der Waals surface area (Å²) in [6, 6.07) is 15.0. The second kappa shape index (κ2) is 9.75. The number of amides is 1. The van der Waals surface area contributed by atoms with Crippen LogP contribution in [0.5, 0.6) is 0 Å². The number of hydrogen-bond acceptors (Lipinski definition) is 7. The number of H-pyrrole nitrogens is 1. The molecule has 1 amide bonds. The number of nitrogen functional groups attached to an aromatic ring is 1. The van der Waals surface area contributed by atoms with Crippen molar-refractivity contribution in [3.05, 3.63) is 92.1 Å². The first-order chi connectivity index (χ1) is 15.3. The van der Waals surface area contributed by atoms with Gasteiger partial charge in [0.25, 0.3) is 11.5 Å². The van der Waals surface area contributed by atoms with Crippen molar-refractivity contribution in [3.8, 4) is 0 Å². The third kappa shape index (κ3) is 4.93. The van der Waals surface area contributed by atoms with Crippen LogP contribution in [0.4, 0.5) is 11.5 Å². The number of esters is 1. The Bertz CT molecular complexity index is 1230. The van der Waals surface area contributed by atoms with Gasteiger partial charge >= 0.3 is 11.7 Å². The molecule has 1 aromatic heterocycles. The van der Waals surface area contributed by atoms with Gasteiger partial charge in [-0.1, -0.05) is 42.5 Å². The fourth-order valence-corrected chi connectivity index (χ4v) is 3.00. The number of likely N-dealkylation sites (N-methyl/N-ethyl adjacent to an activating group) is 1. The van der Waals surface area contributed by atoms with Crippen molar-refractivity contribution in [2.24, 2.45) is 0 Å². The first kappa shape index (κ1) is 22.5. The maximum atomic E-state index is 12.6. The van der Waals surface area contributed by atoms with Crippen molar-refractivity contribution in [2.75, 3.05) is 24.3 Å². The molecule has 10 heteroatoms. The normalized spacial score (nSPS) is 10.6. The van der Waals surface area contributed by atoms with E-state index in [1.165, 1.54) is 19.2 Å². The monoisotopic (exact) mass is 438 g/mol. The third-order valence-corrected chi connectivity index (χ3v) is 4.81. The fourth-order valence-electron chi connectivity index (χ4n) is 3.00. The van der Waals surface area contributed by atoms with Crippen LogP contribution in [0.3, 0.4) is 0 Å². The van der Waals surface area contributed by atoms with E-state index in [0.29, 0.717) is 5.56 Å². The summed E-state index contributed by atoms with van der Waals surface area (Å²) in [7, 11) is 1.30. The molecular weight excluding hydrogens is 416 g/mol. The molecule has 0 aliphatic carbocycles. The number of aliphatic hydroxyl groups excluding tert-OH is 1. The third-order valence-electron chi connectivity index (χ3n) is 4.81. The zero-order valence-corrected chi connectivity index (χ0v) is 17.3. The molecule has 32 heavy (non-hydrogen) atoms. The maximum absolute atomic E-state index is 12.6. The summed E-state index contributed by atoms with van der Waals surface area (Å²) in [6.45, 7) is -0.717. The number of carbonyl (C=O) groups is 2. The highest BCUT2D eigenvalue weighted by molar-refractivity contribution is 5.98. The summed E-state index contributed by atoms with van der Waals surface area (Å²) in [6.07, 6.45) is 0. The number of hydrogen-bond donors (Lipinski definition) is 3. The highest BCUT2D eigenvalue weighted by atomic mass is 16.5. The van der Waals surface area contributed by atoms with E-state index in [4.69, 9.17) is 15.6 Å². The molecule has 0 bridgehead atoms. The molecule has 1 heterocycles. The Balaban J connectivity index is 1.77. The lowest BCUT2D eigenvalue weighted by atomic mass is 10.1. The Labute approximate surface area is 182 Å². The molecule has 0 atom stereocenters. The summed E-state index contributed by atoms with van der Waals surface area (Å²) >= 11 is 0. The van der Waals surface area contributed by atoms with Gasteiger partial charge in [-0.15, -0.1) is 0 Å². The number of nitrogens with two attached hydrogens (primary N) is 1. The number of ether oxygens (including phenoxy) is 1. The largest absolute Gasteiger partial charge is 0.452 e. The minimum atomic E-state index is -0.835. The molecule has 4 N–H and O–H groups in total. The fraction of sp³-hybridized carbons (Fsp3) is 0.182. The average Bonchev–Trinajstić information content (AvgIpc) is 2.80. The van der Waals surface area contributed by atoms with Crippen LogP contribution in [0.25, 0.3) is 0 Å². The maximum Gasteiger partial charge on any atom is 0.338 e. The number of aliphatic hydroxyl groups is 1. The molecular formula is C22H22N4O6. The number of aromatic amines is 1. The number of rotatable bonds is 7. The summed E-state index contributed by atoms with van der Waals surface area (Å²) in [4.78, 5) is 52.4. The second-order valence-corrected chi connectivity index (χ2v) is 6.95. The molecule has 0 aliphatic rings. The van der Waals surface area contributed by atoms with Crippen molar-refractivity contribution in [1.29, 1.82) is 0 Å². The van der Waals surface area contributed by atoms with Gasteiger partial charge in [0.1, 0.15) is 5.82 Å². The molecule has 0 aliphatic heterocycles. The van der Waals surface area contributed by atoms with Crippen LogP contribution >= 0.6 is 0 Å². The Hall–Kier alpha value is -4.18. The van der Waals surface area contributed by atoms with Gasteiger partial charge in [0.05, 0.1) is 18.7 Å². The second-order valence-electron chi connectivity index (χ2n) is 6.95. The van der Waals surface area contributed by atoms with Crippen LogP contribution in [0.2, 0.25) is 0 Å². The Kier molecular flexibility index (Phi) is 6.86. The van der Waals surface area contributed by atoms with Crippen LogP contribution < -0.4 is 21.9 Å². The minimum absolute atomic E-state index is 0.0934. The molecule has 3 aromatic rings. The SMILES string of the molecule is CN(C(=O)COC(=O)c1ccc(CO)cc1)c1c(N)n(Cc2ccccc2)c(=O)[nH]c1=O. The highest BCUT2D eigenvalue weighted by Crippen LogP contribution is 2.16. The van der Waals surface area contributed by atoms with Crippen LogP contribution in [0.1, 0.15) is 21.5 Å². The van der Waals surface area contributed by atoms with Crippen LogP contribution in [-0.2, 0) is 22.7 Å². The van der Waals surface area contributed by atoms with Crippen molar-refractivity contribution in [1.82, 2.24) is 9.55 Å². The number of nitrogens with one attached hydrogen (secondary N) is 1. The quantitative estimate of drug-likeness (QED) is 0.455. The topological polar surface area (TPSA) is 148 Å². The molecule has 3 rings (SSSR count). The predicted molar refractivity (Wildman–Crippen MR) is 117 cm³/mol. The van der Waals surface area contributed by atoms with Gasteiger partial charge in [-0.2, -0.15) is 0 Å². The van der Waals surface area contributed by atoms with Gasteiger partial charge in [-0.3, -0.25) is 19.1 Å². The van der Waals surface area contributed by atoms with Crippen LogP contribution in [0, 0.1) is 0 Å². The van der Waals surface area contributed by atoms with E-state index in [1.807, 2.05) is 6.07 Å². The molecule has 0 unspecified atom stereocenters. The van der Waals surface area contributed by atoms with Gasteiger partial charge in [-0.25, -0.2) is 9.59 Å². The highest BCUT2D eigenvalue weighted by Gasteiger charge is 2.22. The number of nitrogens with zero attached hydrogens (tertiary/aromatic N) is 2. The summed E-state index contributed by atoms with van der Waals surface area (Å²) < 4.78 is 6.16. The van der Waals surface area contributed by atoms with E-state index in [2.05, 4.69) is 4.98 Å². The molecule has 0 radical (unpaired) electrons. The number of aromatic nitrogens is 2. The average molecular weight is 438 g/mol. The van der Waals surface area contributed by atoms with Crippen molar-refractivity contribution >= 4 is 23.4 Å². The summed E-state index contributed by atoms with van der Waals surface area (Å²) in [5.41, 5.74) is 5.89. The molecule has 2 aromatic carbocycles. The van der Waals surface area contributed by atoms with E-state index in [9.17, 15) is 19.2 Å². The molecule has 0 saturated heterocycles. The molecule has 0 fully saturated rings. The molecule has 0 spiro atoms. The summed E-state index contributed by atoms with van der Waals surface area (Å²) in [5.74, 6) is -1.65. The first-order valence-electron chi connectivity index (χ1n) is 9.61. The van der Waals surface area contributed by atoms with Gasteiger partial charge in [0.2, 0.25) is 0 Å². The molecule has 0 saturated carbocycles. The van der Waals surface area contributed by atoms with Gasteiger partial charge in [-0.05, 0) is 23.3 Å².